The highest BCUT2D eigenvalue weighted by Gasteiger charge is 2.34. The van der Waals surface area contributed by atoms with Crippen molar-refractivity contribution in [1.82, 2.24) is 20.3 Å². The van der Waals surface area contributed by atoms with Gasteiger partial charge in [0.25, 0.3) is 0 Å². The Balaban J connectivity index is 1.47. The van der Waals surface area contributed by atoms with Crippen LogP contribution in [0.2, 0.25) is 0 Å². The van der Waals surface area contributed by atoms with Gasteiger partial charge < -0.3 is 14.7 Å². The van der Waals surface area contributed by atoms with Crippen molar-refractivity contribution in [2.75, 3.05) is 33.2 Å². The fraction of sp³-hybridized carbons (Fsp3) is 0.714. The van der Waals surface area contributed by atoms with Crippen LogP contribution in [0.1, 0.15) is 19.0 Å². The van der Waals surface area contributed by atoms with E-state index >= 15 is 0 Å². The first-order chi connectivity index (χ1) is 9.76. The molecule has 110 valence electrons. The molecule has 2 unspecified atom stereocenters. The van der Waals surface area contributed by atoms with Crippen LogP contribution < -0.4 is 5.32 Å². The van der Waals surface area contributed by atoms with Crippen LogP contribution in [0.5, 0.6) is 0 Å². The van der Waals surface area contributed by atoms with Gasteiger partial charge in [0.15, 0.2) is 5.96 Å². The Labute approximate surface area is 119 Å². The smallest absolute Gasteiger partial charge is 0.193 e. The predicted octanol–water partition coefficient (Wildman–Crippen LogP) is 0.776. The molecule has 3 rings (SSSR count). The van der Waals surface area contributed by atoms with Gasteiger partial charge >= 0.3 is 0 Å². The summed E-state index contributed by atoms with van der Waals surface area (Å²) in [6.45, 7) is 7.25. The number of rotatable bonds is 3. The van der Waals surface area contributed by atoms with Gasteiger partial charge in [-0.25, -0.2) is 0 Å². The summed E-state index contributed by atoms with van der Waals surface area (Å²) in [7, 11) is 1.87. The average Bonchev–Trinajstić information content (AvgIpc) is 2.93. The number of piperazine rings is 1. The van der Waals surface area contributed by atoms with Gasteiger partial charge in [0.05, 0.1) is 5.69 Å². The molecule has 2 heterocycles. The largest absolute Gasteiger partial charge is 0.364 e. The van der Waals surface area contributed by atoms with Gasteiger partial charge in [-0.1, -0.05) is 12.1 Å². The van der Waals surface area contributed by atoms with Gasteiger partial charge in [0.1, 0.15) is 6.26 Å². The number of nitrogens with one attached hydrogen (secondary N) is 1. The predicted molar refractivity (Wildman–Crippen MR) is 77.4 cm³/mol. The van der Waals surface area contributed by atoms with Crippen molar-refractivity contribution >= 4 is 5.96 Å². The Hall–Kier alpha value is -1.56. The van der Waals surface area contributed by atoms with Crippen LogP contribution in [0.25, 0.3) is 0 Å². The van der Waals surface area contributed by atoms with Crippen LogP contribution in [-0.2, 0) is 6.54 Å². The van der Waals surface area contributed by atoms with E-state index in [9.17, 15) is 0 Å². The Bertz CT molecular complexity index is 450. The third kappa shape index (κ3) is 3.12. The Morgan fingerprint density at radius 1 is 1.45 bits per heavy atom. The maximum atomic E-state index is 4.88. The highest BCUT2D eigenvalue weighted by molar-refractivity contribution is 5.80. The van der Waals surface area contributed by atoms with Crippen molar-refractivity contribution in [1.29, 1.82) is 0 Å². The molecule has 1 saturated carbocycles. The molecular weight excluding hydrogens is 254 g/mol. The van der Waals surface area contributed by atoms with E-state index in [4.69, 9.17) is 4.52 Å². The first-order valence-electron chi connectivity index (χ1n) is 7.36. The summed E-state index contributed by atoms with van der Waals surface area (Å²) in [5, 5.41) is 7.52. The molecule has 1 saturated heterocycles. The number of hydrogen-bond donors (Lipinski definition) is 1. The van der Waals surface area contributed by atoms with Crippen LogP contribution in [0.3, 0.4) is 0 Å². The normalized spacial score (nSPS) is 27.7. The molecule has 1 N–H and O–H groups in total. The van der Waals surface area contributed by atoms with Gasteiger partial charge in [-0.2, -0.15) is 0 Å². The lowest BCUT2D eigenvalue weighted by Crippen LogP contribution is -2.52. The molecule has 0 bridgehead atoms. The summed E-state index contributed by atoms with van der Waals surface area (Å²) in [6.07, 6.45) is 2.90. The summed E-state index contributed by atoms with van der Waals surface area (Å²) in [4.78, 5) is 9.17. The molecule has 1 aromatic rings. The summed E-state index contributed by atoms with van der Waals surface area (Å²) in [6, 6.07) is 2.56. The molecule has 20 heavy (non-hydrogen) atoms. The summed E-state index contributed by atoms with van der Waals surface area (Å²) in [5.74, 6) is 1.85. The molecule has 2 fully saturated rings. The number of hydrogen-bond acceptors (Lipinski definition) is 4. The van der Waals surface area contributed by atoms with Crippen molar-refractivity contribution in [3.8, 4) is 0 Å². The SMILES string of the molecule is CN=C(NC1CC1C)N1CCN(Cc2ccon2)CC1. The van der Waals surface area contributed by atoms with E-state index < -0.39 is 0 Å². The van der Waals surface area contributed by atoms with Gasteiger partial charge in [-0.15, -0.1) is 0 Å². The van der Waals surface area contributed by atoms with Crippen LogP contribution in [0.15, 0.2) is 21.8 Å². The minimum atomic E-state index is 0.627. The number of aromatic nitrogens is 1. The molecule has 0 amide bonds. The van der Waals surface area contributed by atoms with Gasteiger partial charge in [0.2, 0.25) is 0 Å². The number of guanidine groups is 1. The van der Waals surface area contributed by atoms with E-state index in [2.05, 4.69) is 32.2 Å². The Morgan fingerprint density at radius 2 is 2.20 bits per heavy atom. The highest BCUT2D eigenvalue weighted by atomic mass is 16.5. The quantitative estimate of drug-likeness (QED) is 0.653. The molecule has 0 spiro atoms. The van der Waals surface area contributed by atoms with Crippen LogP contribution >= 0.6 is 0 Å². The maximum absolute atomic E-state index is 4.88. The van der Waals surface area contributed by atoms with Crippen LogP contribution in [-0.4, -0.2) is 60.2 Å². The number of aliphatic imine (C=N–C) groups is 1. The first-order valence-corrected chi connectivity index (χ1v) is 7.36. The second-order valence-corrected chi connectivity index (χ2v) is 5.77. The molecule has 1 aromatic heterocycles. The lowest BCUT2D eigenvalue weighted by atomic mass is 10.3. The molecule has 1 aliphatic carbocycles. The van der Waals surface area contributed by atoms with Gasteiger partial charge in [0, 0.05) is 51.9 Å². The van der Waals surface area contributed by atoms with Crippen molar-refractivity contribution in [2.24, 2.45) is 10.9 Å². The molecule has 0 aromatic carbocycles. The lowest BCUT2D eigenvalue weighted by Gasteiger charge is -2.36. The summed E-state index contributed by atoms with van der Waals surface area (Å²) >= 11 is 0. The van der Waals surface area contributed by atoms with Crippen LogP contribution in [0.4, 0.5) is 0 Å². The minimum Gasteiger partial charge on any atom is -0.364 e. The zero-order chi connectivity index (χ0) is 13.9. The molecule has 1 aliphatic heterocycles. The molecule has 2 aliphatic rings. The zero-order valence-corrected chi connectivity index (χ0v) is 12.2. The second-order valence-electron chi connectivity index (χ2n) is 5.77. The minimum absolute atomic E-state index is 0.627. The fourth-order valence-electron chi connectivity index (χ4n) is 2.65. The van der Waals surface area contributed by atoms with Crippen molar-refractivity contribution in [3.05, 3.63) is 18.0 Å². The Kier molecular flexibility index (Phi) is 3.91. The van der Waals surface area contributed by atoms with Gasteiger partial charge in [-0.3, -0.25) is 9.89 Å². The van der Waals surface area contributed by atoms with Crippen molar-refractivity contribution in [2.45, 2.75) is 25.9 Å². The molecular formula is C14H23N5O. The average molecular weight is 277 g/mol. The van der Waals surface area contributed by atoms with E-state index in [1.807, 2.05) is 13.1 Å². The topological polar surface area (TPSA) is 56.9 Å². The standard InChI is InChI=1S/C14H23N5O/c1-11-9-13(11)16-14(15-2)19-6-4-18(5-7-19)10-12-3-8-20-17-12/h3,8,11,13H,4-7,9-10H2,1-2H3,(H,15,16). The van der Waals surface area contributed by atoms with E-state index in [0.29, 0.717) is 6.04 Å². The molecule has 6 heteroatoms. The van der Waals surface area contributed by atoms with E-state index in [-0.39, 0.29) is 0 Å². The molecule has 0 radical (unpaired) electrons. The number of nitrogens with zero attached hydrogens (tertiary/aromatic N) is 4. The van der Waals surface area contributed by atoms with Crippen molar-refractivity contribution < 1.29 is 4.52 Å². The van der Waals surface area contributed by atoms with Crippen molar-refractivity contribution in [3.63, 3.8) is 0 Å². The molecule has 2 atom stereocenters. The summed E-state index contributed by atoms with van der Waals surface area (Å²) in [5.41, 5.74) is 1.01. The third-order valence-electron chi connectivity index (χ3n) is 4.18. The van der Waals surface area contributed by atoms with E-state index in [0.717, 1.165) is 50.3 Å². The molecule has 6 nitrogen and oxygen atoms in total. The highest BCUT2D eigenvalue weighted by Crippen LogP contribution is 2.29. The fourth-order valence-corrected chi connectivity index (χ4v) is 2.65. The summed E-state index contributed by atoms with van der Waals surface area (Å²) < 4.78 is 4.88. The Morgan fingerprint density at radius 3 is 2.75 bits per heavy atom. The van der Waals surface area contributed by atoms with Gasteiger partial charge in [-0.05, 0) is 12.3 Å². The third-order valence-corrected chi connectivity index (χ3v) is 4.18. The second kappa shape index (κ2) is 5.83. The zero-order valence-electron chi connectivity index (χ0n) is 12.2. The van der Waals surface area contributed by atoms with E-state index in [1.165, 1.54) is 6.42 Å². The lowest BCUT2D eigenvalue weighted by molar-refractivity contribution is 0.169. The van der Waals surface area contributed by atoms with Crippen LogP contribution in [0, 0.1) is 5.92 Å². The monoisotopic (exact) mass is 277 g/mol. The van der Waals surface area contributed by atoms with E-state index in [1.54, 1.807) is 6.26 Å². The maximum Gasteiger partial charge on any atom is 0.193 e. The first kappa shape index (κ1) is 13.4.